The monoisotopic (exact) mass is 1180 g/mol. The van der Waals surface area contributed by atoms with Crippen LogP contribution in [0, 0.1) is 107 Å². The molecule has 8 aliphatic rings. The van der Waals surface area contributed by atoms with E-state index in [4.69, 9.17) is 0 Å². The van der Waals surface area contributed by atoms with Crippen molar-refractivity contribution in [3.8, 4) is 0 Å². The molecule has 6 fully saturated rings. The van der Waals surface area contributed by atoms with Gasteiger partial charge < -0.3 is 47.3 Å². The molecule has 0 aromatic carbocycles. The zero-order chi connectivity index (χ0) is 45.1. The first-order valence-corrected chi connectivity index (χ1v) is 24.9. The fraction of sp³-hybridized carbons (Fsp3) is 0.857. The van der Waals surface area contributed by atoms with E-state index in [1.54, 1.807) is 11.1 Å². The summed E-state index contributed by atoms with van der Waals surface area (Å²) in [6, 6.07) is 0. The Kier molecular flexibility index (Phi) is 25.5. The standard InChI is InChI=1S/2C14H26N.2C14H24N.4Y/c4*1-11-6-8-14(4)10-15(5)9-7-12(14)13(11,2)3;;;;/h2*11-12H,1,6-10H2,2-5H3;2*7,11H,1,6,8-10H2,2-5H3;;;;/q4*-1;;;;/t11-,12?,14+;11-,12?,14-;11-,14+;11-,14-;;;;/m0101..../s1. The molecule has 2 saturated heterocycles. The molecule has 0 bridgehead atoms. The molecular formula is C56H100N4Y4-4. The Bertz CT molecular complexity index is 1430. The first-order valence-electron chi connectivity index (χ1n) is 24.9. The average molecular weight is 1190 g/mol. The second kappa shape index (κ2) is 24.8. The molecule has 8 heteroatoms. The molecule has 10 atom stereocenters. The molecule has 0 aromatic rings. The molecule has 4 aliphatic heterocycles. The van der Waals surface area contributed by atoms with E-state index < -0.39 is 0 Å². The quantitative estimate of drug-likeness (QED) is 0.177. The van der Waals surface area contributed by atoms with Crippen molar-refractivity contribution in [2.24, 2.45) is 78.8 Å². The molecule has 4 nitrogen and oxygen atoms in total. The second-order valence-electron chi connectivity index (χ2n) is 26.2. The van der Waals surface area contributed by atoms with Crippen LogP contribution < -0.4 is 0 Å². The number of likely N-dealkylation sites (tertiary alicyclic amines) is 2. The zero-order valence-corrected chi connectivity index (χ0v) is 56.6. The number of nitrogens with zero attached hydrogens (tertiary/aromatic N) is 4. The summed E-state index contributed by atoms with van der Waals surface area (Å²) in [5.74, 6) is 4.22. The number of fused-ring (bicyclic) bond motifs is 4. The number of hydrogen-bond donors (Lipinski definition) is 0. The van der Waals surface area contributed by atoms with Crippen molar-refractivity contribution in [3.63, 3.8) is 0 Å². The Morgan fingerprint density at radius 3 is 1.02 bits per heavy atom. The third kappa shape index (κ3) is 14.1. The van der Waals surface area contributed by atoms with Gasteiger partial charge in [-0.1, -0.05) is 143 Å². The molecule has 64 heavy (non-hydrogen) atoms. The van der Waals surface area contributed by atoms with Gasteiger partial charge in [0.25, 0.3) is 0 Å². The molecule has 0 N–H and O–H groups in total. The maximum Gasteiger partial charge on any atom is 0.0163 e. The van der Waals surface area contributed by atoms with E-state index in [1.165, 1.54) is 103 Å². The molecule has 4 heterocycles. The Morgan fingerprint density at radius 2 is 0.703 bits per heavy atom. The summed E-state index contributed by atoms with van der Waals surface area (Å²) in [7, 11) is 8.99. The van der Waals surface area contributed by atoms with Gasteiger partial charge in [-0.05, 0) is 113 Å². The van der Waals surface area contributed by atoms with Crippen LogP contribution in [0.2, 0.25) is 0 Å². The topological polar surface area (TPSA) is 13.0 Å². The third-order valence-corrected chi connectivity index (χ3v) is 19.8. The summed E-state index contributed by atoms with van der Waals surface area (Å²) in [4.78, 5) is 9.89. The summed E-state index contributed by atoms with van der Waals surface area (Å²) >= 11 is 0. The molecule has 360 valence electrons. The normalized spacial score (nSPS) is 40.8. The Balaban J connectivity index is 0.000000418. The Labute approximate surface area is 501 Å². The van der Waals surface area contributed by atoms with E-state index in [0.29, 0.717) is 67.0 Å². The summed E-state index contributed by atoms with van der Waals surface area (Å²) in [6.45, 7) is 56.3. The minimum atomic E-state index is 0. The van der Waals surface area contributed by atoms with Crippen molar-refractivity contribution in [1.29, 1.82) is 0 Å². The maximum atomic E-state index is 4.38. The van der Waals surface area contributed by atoms with E-state index >= 15 is 0 Å². The zero-order valence-electron chi connectivity index (χ0n) is 45.3. The van der Waals surface area contributed by atoms with Gasteiger partial charge in [0, 0.05) is 181 Å². The van der Waals surface area contributed by atoms with Crippen LogP contribution in [0.4, 0.5) is 0 Å². The van der Waals surface area contributed by atoms with Crippen LogP contribution in [0.25, 0.3) is 0 Å². The maximum absolute atomic E-state index is 4.38. The van der Waals surface area contributed by atoms with Gasteiger partial charge in [0.05, 0.1) is 0 Å². The Morgan fingerprint density at radius 1 is 0.406 bits per heavy atom. The number of piperidine rings is 2. The summed E-state index contributed by atoms with van der Waals surface area (Å²) < 4.78 is 0. The van der Waals surface area contributed by atoms with Gasteiger partial charge in [0.1, 0.15) is 0 Å². The van der Waals surface area contributed by atoms with Crippen molar-refractivity contribution >= 4 is 0 Å². The second-order valence-corrected chi connectivity index (χ2v) is 26.2. The van der Waals surface area contributed by atoms with Crippen LogP contribution in [-0.2, 0) is 131 Å². The average Bonchev–Trinajstić information content (AvgIpc) is 3.12. The molecule has 2 unspecified atom stereocenters. The smallest absolute Gasteiger partial charge is 0.0163 e. The van der Waals surface area contributed by atoms with Gasteiger partial charge in [0.2, 0.25) is 0 Å². The van der Waals surface area contributed by atoms with E-state index in [9.17, 15) is 0 Å². The first kappa shape index (κ1) is 65.8. The van der Waals surface area contributed by atoms with Crippen molar-refractivity contribution in [2.45, 2.75) is 147 Å². The van der Waals surface area contributed by atoms with Crippen molar-refractivity contribution in [3.05, 3.63) is 51.0 Å². The molecule has 0 amide bonds. The van der Waals surface area contributed by atoms with Crippen molar-refractivity contribution in [2.75, 3.05) is 80.5 Å². The SMILES string of the molecule is [CH2-][C@@H]1CC[C@]2(C)CN(C)CC=C2C1(C)C.[CH2-][C@@H]1CC[C@]2(C)CN(C)CCC2C1(C)C.[CH2-][C@H]1CC[C@]2(C)CN(C)CC=C2C1(C)C.[CH2-][C@H]1CC[C@]2(C)CN(C)CCC2C1(C)C.[Y].[Y].[Y].[Y]. The predicted molar refractivity (Wildman–Crippen MR) is 262 cm³/mol. The minimum absolute atomic E-state index is 0. The summed E-state index contributed by atoms with van der Waals surface area (Å²) in [6.07, 6.45) is 18.2. The predicted octanol–water partition coefficient (Wildman–Crippen LogP) is 12.7. The number of hydrogen-bond acceptors (Lipinski definition) is 4. The van der Waals surface area contributed by atoms with E-state index in [-0.39, 0.29) is 131 Å². The molecule has 0 aromatic heterocycles. The van der Waals surface area contributed by atoms with Gasteiger partial charge in [-0.15, -0.1) is 0 Å². The summed E-state index contributed by atoms with van der Waals surface area (Å²) in [5.41, 5.74) is 6.72. The molecule has 4 saturated carbocycles. The fourth-order valence-corrected chi connectivity index (χ4v) is 15.5. The molecule has 4 aliphatic carbocycles. The van der Waals surface area contributed by atoms with Crippen LogP contribution >= 0.6 is 0 Å². The van der Waals surface area contributed by atoms with Gasteiger partial charge in [0.15, 0.2) is 0 Å². The van der Waals surface area contributed by atoms with Gasteiger partial charge in [-0.25, -0.2) is 0 Å². The van der Waals surface area contributed by atoms with Gasteiger partial charge in [-0.3, -0.25) is 0 Å². The Hall–Kier alpha value is 3.74. The van der Waals surface area contributed by atoms with Crippen LogP contribution in [0.3, 0.4) is 0 Å². The van der Waals surface area contributed by atoms with Crippen LogP contribution in [0.5, 0.6) is 0 Å². The largest absolute Gasteiger partial charge is 0.340 e. The third-order valence-electron chi connectivity index (χ3n) is 19.8. The molecular weight excluding hydrogens is 1080 g/mol. The van der Waals surface area contributed by atoms with E-state index in [2.05, 4.69) is 171 Å². The molecule has 4 radical (unpaired) electrons. The van der Waals surface area contributed by atoms with Gasteiger partial charge in [-0.2, -0.15) is 23.7 Å². The van der Waals surface area contributed by atoms with Crippen molar-refractivity contribution < 1.29 is 131 Å². The minimum Gasteiger partial charge on any atom is -0.340 e. The van der Waals surface area contributed by atoms with Gasteiger partial charge >= 0.3 is 0 Å². The van der Waals surface area contributed by atoms with E-state index in [1.807, 2.05) is 0 Å². The van der Waals surface area contributed by atoms with Crippen LogP contribution in [-0.4, -0.2) is 100 Å². The first-order chi connectivity index (χ1) is 27.4. The van der Waals surface area contributed by atoms with Crippen molar-refractivity contribution in [1.82, 2.24) is 19.6 Å². The van der Waals surface area contributed by atoms with Crippen LogP contribution in [0.15, 0.2) is 23.3 Å². The number of likely N-dealkylation sites (N-methyl/N-ethyl adjacent to an activating group) is 2. The summed E-state index contributed by atoms with van der Waals surface area (Å²) in [5, 5.41) is 0. The fourth-order valence-electron chi connectivity index (χ4n) is 15.5. The van der Waals surface area contributed by atoms with Crippen LogP contribution in [0.1, 0.15) is 147 Å². The molecule has 8 rings (SSSR count). The molecule has 0 spiro atoms. The van der Waals surface area contributed by atoms with E-state index in [0.717, 1.165) is 24.9 Å². The number of rotatable bonds is 0.